The molecule has 1 heterocycles. The smallest absolute Gasteiger partial charge is 0.130 e. The summed E-state index contributed by atoms with van der Waals surface area (Å²) in [4.78, 5) is 8.11. The predicted molar refractivity (Wildman–Crippen MR) is 74.9 cm³/mol. The Balaban J connectivity index is 1.92. The van der Waals surface area contributed by atoms with Gasteiger partial charge in [0.2, 0.25) is 0 Å². The molecule has 0 spiro atoms. The maximum absolute atomic E-state index is 5.31. The number of halogens is 1. The molecule has 94 valence electrons. The van der Waals surface area contributed by atoms with Crippen molar-refractivity contribution in [3.63, 3.8) is 0 Å². The van der Waals surface area contributed by atoms with Gasteiger partial charge in [0.25, 0.3) is 0 Å². The van der Waals surface area contributed by atoms with Crippen LogP contribution in [0.2, 0.25) is 0 Å². The summed E-state index contributed by atoms with van der Waals surface area (Å²) >= 11 is 3.31. The SMILES string of the molecule is COc1ccccc1CCNc1cc(Br)ncn1. The van der Waals surface area contributed by atoms with E-state index in [1.807, 2.05) is 24.3 Å². The Morgan fingerprint density at radius 2 is 2.11 bits per heavy atom. The van der Waals surface area contributed by atoms with Gasteiger partial charge in [-0.1, -0.05) is 18.2 Å². The van der Waals surface area contributed by atoms with Crippen LogP contribution in [0, 0.1) is 0 Å². The van der Waals surface area contributed by atoms with Gasteiger partial charge in [0, 0.05) is 12.6 Å². The van der Waals surface area contributed by atoms with Gasteiger partial charge in [0.15, 0.2) is 0 Å². The first-order valence-electron chi connectivity index (χ1n) is 5.63. The summed E-state index contributed by atoms with van der Waals surface area (Å²) in [5.41, 5.74) is 1.18. The van der Waals surface area contributed by atoms with Crippen LogP contribution in [0.3, 0.4) is 0 Å². The Morgan fingerprint density at radius 3 is 2.89 bits per heavy atom. The Labute approximate surface area is 115 Å². The number of nitrogens with zero attached hydrogens (tertiary/aromatic N) is 2. The zero-order chi connectivity index (χ0) is 12.8. The van der Waals surface area contributed by atoms with Gasteiger partial charge in [-0.25, -0.2) is 9.97 Å². The summed E-state index contributed by atoms with van der Waals surface area (Å²) in [5.74, 6) is 1.73. The number of ether oxygens (including phenoxy) is 1. The van der Waals surface area contributed by atoms with Crippen LogP contribution < -0.4 is 10.1 Å². The highest BCUT2D eigenvalue weighted by atomic mass is 79.9. The molecule has 5 heteroatoms. The second-order valence-corrected chi connectivity index (χ2v) is 4.53. The number of benzene rings is 1. The quantitative estimate of drug-likeness (QED) is 0.863. The second-order valence-electron chi connectivity index (χ2n) is 3.71. The highest BCUT2D eigenvalue weighted by Gasteiger charge is 2.01. The number of anilines is 1. The first kappa shape index (κ1) is 12.8. The number of hydrogen-bond donors (Lipinski definition) is 1. The van der Waals surface area contributed by atoms with Crippen molar-refractivity contribution in [2.75, 3.05) is 19.0 Å². The third-order valence-corrected chi connectivity index (χ3v) is 2.96. The fraction of sp³-hybridized carbons (Fsp3) is 0.231. The average molecular weight is 308 g/mol. The standard InChI is InChI=1S/C13H14BrN3O/c1-18-11-5-3-2-4-10(11)6-7-15-13-8-12(14)16-9-17-13/h2-5,8-9H,6-7H2,1H3,(H,15,16,17). The number of aromatic nitrogens is 2. The van der Waals surface area contributed by atoms with Gasteiger partial charge in [-0.2, -0.15) is 0 Å². The number of nitrogens with one attached hydrogen (secondary N) is 1. The highest BCUT2D eigenvalue weighted by Crippen LogP contribution is 2.18. The molecule has 0 unspecified atom stereocenters. The number of methoxy groups -OCH3 is 1. The monoisotopic (exact) mass is 307 g/mol. The topological polar surface area (TPSA) is 47.0 Å². The lowest BCUT2D eigenvalue weighted by atomic mass is 10.1. The third kappa shape index (κ3) is 3.43. The summed E-state index contributed by atoms with van der Waals surface area (Å²) in [6, 6.07) is 9.87. The minimum Gasteiger partial charge on any atom is -0.496 e. The molecule has 0 bridgehead atoms. The van der Waals surface area contributed by atoms with Crippen molar-refractivity contribution in [2.24, 2.45) is 0 Å². The van der Waals surface area contributed by atoms with Gasteiger partial charge >= 0.3 is 0 Å². The molecule has 18 heavy (non-hydrogen) atoms. The van der Waals surface area contributed by atoms with E-state index >= 15 is 0 Å². The van der Waals surface area contributed by atoms with E-state index in [0.29, 0.717) is 0 Å². The molecule has 1 aromatic carbocycles. The molecule has 2 aromatic rings. The van der Waals surface area contributed by atoms with E-state index in [4.69, 9.17) is 4.74 Å². The minimum absolute atomic E-state index is 0.775. The average Bonchev–Trinajstić information content (AvgIpc) is 2.39. The first-order valence-corrected chi connectivity index (χ1v) is 6.42. The Bertz CT molecular complexity index is 519. The van der Waals surface area contributed by atoms with Crippen LogP contribution in [-0.2, 0) is 6.42 Å². The maximum Gasteiger partial charge on any atom is 0.130 e. The number of hydrogen-bond acceptors (Lipinski definition) is 4. The summed E-state index contributed by atoms with van der Waals surface area (Å²) in [7, 11) is 1.69. The molecule has 0 saturated heterocycles. The molecule has 0 aliphatic carbocycles. The van der Waals surface area contributed by atoms with E-state index < -0.39 is 0 Å². The van der Waals surface area contributed by atoms with Crippen LogP contribution in [0.25, 0.3) is 0 Å². The lowest BCUT2D eigenvalue weighted by molar-refractivity contribution is 0.410. The fourth-order valence-corrected chi connectivity index (χ4v) is 1.97. The van der Waals surface area contributed by atoms with Gasteiger partial charge in [0.05, 0.1) is 7.11 Å². The van der Waals surface area contributed by atoms with Crippen molar-refractivity contribution in [3.05, 3.63) is 46.8 Å². The van der Waals surface area contributed by atoms with Crippen LogP contribution in [0.15, 0.2) is 41.3 Å². The Morgan fingerprint density at radius 1 is 1.28 bits per heavy atom. The molecular formula is C13H14BrN3O. The molecule has 0 aliphatic rings. The van der Waals surface area contributed by atoms with Gasteiger partial charge in [0.1, 0.15) is 22.5 Å². The summed E-state index contributed by atoms with van der Waals surface area (Å²) < 4.78 is 6.08. The van der Waals surface area contributed by atoms with E-state index in [9.17, 15) is 0 Å². The van der Waals surface area contributed by atoms with Crippen LogP contribution in [0.1, 0.15) is 5.56 Å². The van der Waals surface area contributed by atoms with Crippen LogP contribution in [0.4, 0.5) is 5.82 Å². The normalized spacial score (nSPS) is 10.1. The van der Waals surface area contributed by atoms with E-state index in [-0.39, 0.29) is 0 Å². The van der Waals surface area contributed by atoms with Gasteiger partial charge in [-0.05, 0) is 34.0 Å². The van der Waals surface area contributed by atoms with Gasteiger partial charge in [-0.15, -0.1) is 0 Å². The van der Waals surface area contributed by atoms with Crippen molar-refractivity contribution in [1.29, 1.82) is 0 Å². The maximum atomic E-state index is 5.31. The largest absolute Gasteiger partial charge is 0.496 e. The van der Waals surface area contributed by atoms with Crippen molar-refractivity contribution < 1.29 is 4.74 Å². The van der Waals surface area contributed by atoms with Gasteiger partial charge < -0.3 is 10.1 Å². The van der Waals surface area contributed by atoms with Crippen molar-refractivity contribution in [1.82, 2.24) is 9.97 Å². The molecule has 4 nitrogen and oxygen atoms in total. The first-order chi connectivity index (χ1) is 8.79. The van der Waals surface area contributed by atoms with Crippen molar-refractivity contribution in [3.8, 4) is 5.75 Å². The third-order valence-electron chi connectivity index (χ3n) is 2.53. The predicted octanol–water partition coefficient (Wildman–Crippen LogP) is 2.90. The molecule has 0 radical (unpaired) electrons. The zero-order valence-corrected chi connectivity index (χ0v) is 11.6. The summed E-state index contributed by atoms with van der Waals surface area (Å²) in [5, 5.41) is 3.25. The molecule has 0 amide bonds. The van der Waals surface area contributed by atoms with E-state index in [1.54, 1.807) is 7.11 Å². The second kappa shape index (κ2) is 6.35. The van der Waals surface area contributed by atoms with Crippen LogP contribution >= 0.6 is 15.9 Å². The molecule has 1 aromatic heterocycles. The summed E-state index contributed by atoms with van der Waals surface area (Å²) in [6.45, 7) is 0.795. The number of para-hydroxylation sites is 1. The van der Waals surface area contributed by atoms with E-state index in [2.05, 4.69) is 37.3 Å². The van der Waals surface area contributed by atoms with Crippen molar-refractivity contribution in [2.45, 2.75) is 6.42 Å². The zero-order valence-electron chi connectivity index (χ0n) is 10.1. The molecule has 0 aliphatic heterocycles. The lowest BCUT2D eigenvalue weighted by Crippen LogP contribution is -2.07. The molecule has 2 rings (SSSR count). The minimum atomic E-state index is 0.775. The number of rotatable bonds is 5. The lowest BCUT2D eigenvalue weighted by Gasteiger charge is -2.09. The van der Waals surface area contributed by atoms with Crippen molar-refractivity contribution >= 4 is 21.7 Å². The highest BCUT2D eigenvalue weighted by molar-refractivity contribution is 9.10. The van der Waals surface area contributed by atoms with E-state index in [0.717, 1.165) is 29.1 Å². The van der Waals surface area contributed by atoms with Gasteiger partial charge in [-0.3, -0.25) is 0 Å². The summed E-state index contributed by atoms with van der Waals surface area (Å²) in [6.07, 6.45) is 2.40. The molecular weight excluding hydrogens is 294 g/mol. The molecule has 0 fully saturated rings. The Kier molecular flexibility index (Phi) is 4.52. The molecule has 1 N–H and O–H groups in total. The fourth-order valence-electron chi connectivity index (χ4n) is 1.66. The molecule has 0 saturated carbocycles. The Hall–Kier alpha value is -1.62. The van der Waals surface area contributed by atoms with E-state index in [1.165, 1.54) is 11.9 Å². The van der Waals surface area contributed by atoms with Crippen LogP contribution in [0.5, 0.6) is 5.75 Å². The molecule has 0 atom stereocenters. The van der Waals surface area contributed by atoms with Crippen LogP contribution in [-0.4, -0.2) is 23.6 Å².